The minimum Gasteiger partial charge on any atom is -0.103 e. The Balaban J connectivity index is 2.26. The van der Waals surface area contributed by atoms with Crippen LogP contribution in [0.3, 0.4) is 0 Å². The molecule has 0 heteroatoms. The Morgan fingerprint density at radius 2 is 2.67 bits per heavy atom. The highest BCUT2D eigenvalue weighted by Crippen LogP contribution is 2.20. The average molecular weight is 121 g/mol. The maximum Gasteiger partial charge on any atom is -0.0277 e. The Hall–Kier alpha value is -0.520. The molecular weight excluding hydrogens is 108 g/mol. The zero-order chi connectivity index (χ0) is 6.53. The molecule has 1 unspecified atom stereocenters. The van der Waals surface area contributed by atoms with E-state index in [2.05, 4.69) is 18.7 Å². The van der Waals surface area contributed by atoms with Gasteiger partial charge in [-0.3, -0.25) is 0 Å². The van der Waals surface area contributed by atoms with Crippen LogP contribution in [0.1, 0.15) is 25.7 Å². The average Bonchev–Trinajstić information content (AvgIpc) is 1.91. The molecule has 0 saturated carbocycles. The van der Waals surface area contributed by atoms with Gasteiger partial charge >= 0.3 is 0 Å². The summed E-state index contributed by atoms with van der Waals surface area (Å²) in [5.41, 5.74) is 0. The minimum absolute atomic E-state index is 0.865. The first-order valence-corrected chi connectivity index (χ1v) is 3.59. The summed E-state index contributed by atoms with van der Waals surface area (Å²) in [6.45, 7) is 3.72. The highest BCUT2D eigenvalue weighted by atomic mass is 14.1. The van der Waals surface area contributed by atoms with Crippen molar-refractivity contribution in [1.82, 2.24) is 0 Å². The lowest BCUT2D eigenvalue weighted by Crippen LogP contribution is -2.00. The van der Waals surface area contributed by atoms with Gasteiger partial charge < -0.3 is 0 Å². The molecule has 0 fully saturated rings. The molecule has 0 aromatic carbocycles. The smallest absolute Gasteiger partial charge is 0.0277 e. The second-order valence-electron chi connectivity index (χ2n) is 2.57. The van der Waals surface area contributed by atoms with Gasteiger partial charge in [-0.05, 0) is 37.7 Å². The highest BCUT2D eigenvalue weighted by molar-refractivity contribution is 4.86. The lowest BCUT2D eigenvalue weighted by molar-refractivity contribution is 0.481. The molecule has 1 radical (unpaired) electrons. The summed E-state index contributed by atoms with van der Waals surface area (Å²) in [6, 6.07) is 0. The van der Waals surface area contributed by atoms with Gasteiger partial charge in [-0.2, -0.15) is 0 Å². The molecule has 0 bridgehead atoms. The molecule has 1 aliphatic carbocycles. The molecule has 1 rings (SSSR count). The van der Waals surface area contributed by atoms with Gasteiger partial charge in [0, 0.05) is 0 Å². The number of hydrogen-bond donors (Lipinski definition) is 0. The Kier molecular flexibility index (Phi) is 2.56. The van der Waals surface area contributed by atoms with E-state index in [1.807, 2.05) is 6.08 Å². The molecule has 0 saturated heterocycles. The Labute approximate surface area is 57.3 Å². The van der Waals surface area contributed by atoms with Crippen LogP contribution >= 0.6 is 0 Å². The number of rotatable bonds is 2. The molecule has 0 aromatic rings. The van der Waals surface area contributed by atoms with Crippen LogP contribution in [0.2, 0.25) is 0 Å². The van der Waals surface area contributed by atoms with Crippen LogP contribution in [0.4, 0.5) is 0 Å². The number of allylic oxidation sites excluding steroid dienone is 3. The molecule has 0 heterocycles. The van der Waals surface area contributed by atoms with Crippen LogP contribution in [0.25, 0.3) is 0 Å². The van der Waals surface area contributed by atoms with Gasteiger partial charge in [-0.25, -0.2) is 0 Å². The zero-order valence-corrected chi connectivity index (χ0v) is 5.77. The fourth-order valence-corrected chi connectivity index (χ4v) is 1.21. The lowest BCUT2D eigenvalue weighted by Gasteiger charge is -2.14. The third-order valence-corrected chi connectivity index (χ3v) is 1.79. The van der Waals surface area contributed by atoms with E-state index in [4.69, 9.17) is 0 Å². The fourth-order valence-electron chi connectivity index (χ4n) is 1.21. The van der Waals surface area contributed by atoms with Gasteiger partial charge in [0.2, 0.25) is 0 Å². The second kappa shape index (κ2) is 3.49. The second-order valence-corrected chi connectivity index (χ2v) is 2.57. The van der Waals surface area contributed by atoms with E-state index in [9.17, 15) is 0 Å². The topological polar surface area (TPSA) is 0 Å². The standard InChI is InChI=1S/C9H13/c1-2-6-9-7-4-3-5-8-9/h2,4,9H,1,5-8H2. The molecule has 0 N–H and O–H groups in total. The van der Waals surface area contributed by atoms with Crippen molar-refractivity contribution < 1.29 is 0 Å². The van der Waals surface area contributed by atoms with Gasteiger partial charge in [0.05, 0.1) is 0 Å². The molecule has 0 spiro atoms. The van der Waals surface area contributed by atoms with Crippen molar-refractivity contribution in [3.05, 3.63) is 24.8 Å². The van der Waals surface area contributed by atoms with Crippen molar-refractivity contribution >= 4 is 0 Å². The molecule has 1 atom stereocenters. The van der Waals surface area contributed by atoms with Crippen molar-refractivity contribution in [2.45, 2.75) is 25.7 Å². The molecule has 9 heavy (non-hydrogen) atoms. The summed E-state index contributed by atoms with van der Waals surface area (Å²) in [5.74, 6) is 0.865. The molecule has 49 valence electrons. The van der Waals surface area contributed by atoms with Gasteiger partial charge in [-0.15, -0.1) is 6.58 Å². The summed E-state index contributed by atoms with van der Waals surface area (Å²) in [6.07, 6.45) is 12.2. The molecule has 0 nitrogen and oxygen atoms in total. The molecule has 1 aliphatic rings. The van der Waals surface area contributed by atoms with Crippen molar-refractivity contribution in [1.29, 1.82) is 0 Å². The van der Waals surface area contributed by atoms with Crippen molar-refractivity contribution in [2.75, 3.05) is 0 Å². The summed E-state index contributed by atoms with van der Waals surface area (Å²) >= 11 is 0. The third-order valence-electron chi connectivity index (χ3n) is 1.79. The summed E-state index contributed by atoms with van der Waals surface area (Å²) in [7, 11) is 0. The van der Waals surface area contributed by atoms with E-state index < -0.39 is 0 Å². The maximum absolute atomic E-state index is 3.72. The van der Waals surface area contributed by atoms with Crippen molar-refractivity contribution in [3.63, 3.8) is 0 Å². The van der Waals surface area contributed by atoms with Gasteiger partial charge in [-0.1, -0.05) is 12.2 Å². The Morgan fingerprint density at radius 3 is 3.22 bits per heavy atom. The van der Waals surface area contributed by atoms with Gasteiger partial charge in [0.25, 0.3) is 0 Å². The molecule has 0 aliphatic heterocycles. The zero-order valence-electron chi connectivity index (χ0n) is 5.77. The maximum atomic E-state index is 3.72. The van der Waals surface area contributed by atoms with E-state index in [1.54, 1.807) is 0 Å². The van der Waals surface area contributed by atoms with E-state index in [0.29, 0.717) is 0 Å². The molecular formula is C9H13. The normalized spacial score (nSPS) is 26.0. The highest BCUT2D eigenvalue weighted by Gasteiger charge is 2.06. The number of hydrogen-bond acceptors (Lipinski definition) is 0. The summed E-state index contributed by atoms with van der Waals surface area (Å²) in [4.78, 5) is 0. The van der Waals surface area contributed by atoms with Crippen LogP contribution in [-0.4, -0.2) is 0 Å². The van der Waals surface area contributed by atoms with Crippen molar-refractivity contribution in [3.8, 4) is 0 Å². The van der Waals surface area contributed by atoms with E-state index in [-0.39, 0.29) is 0 Å². The van der Waals surface area contributed by atoms with Crippen LogP contribution in [-0.2, 0) is 0 Å². The van der Waals surface area contributed by atoms with Crippen molar-refractivity contribution in [2.24, 2.45) is 5.92 Å². The fraction of sp³-hybridized carbons (Fsp3) is 0.556. The predicted octanol–water partition coefficient (Wildman–Crippen LogP) is 2.72. The van der Waals surface area contributed by atoms with E-state index in [0.717, 1.165) is 12.3 Å². The monoisotopic (exact) mass is 121 g/mol. The van der Waals surface area contributed by atoms with E-state index >= 15 is 0 Å². The Bertz CT molecular complexity index is 111. The third kappa shape index (κ3) is 2.05. The van der Waals surface area contributed by atoms with E-state index in [1.165, 1.54) is 19.3 Å². The molecule has 0 aromatic heterocycles. The van der Waals surface area contributed by atoms with Crippen LogP contribution in [0.15, 0.2) is 18.7 Å². The molecule has 0 amide bonds. The van der Waals surface area contributed by atoms with Crippen LogP contribution in [0, 0.1) is 12.0 Å². The van der Waals surface area contributed by atoms with Gasteiger partial charge in [0.15, 0.2) is 0 Å². The van der Waals surface area contributed by atoms with Crippen LogP contribution < -0.4 is 0 Å². The summed E-state index contributed by atoms with van der Waals surface area (Å²) < 4.78 is 0. The van der Waals surface area contributed by atoms with Gasteiger partial charge in [0.1, 0.15) is 0 Å². The minimum atomic E-state index is 0.865. The predicted molar refractivity (Wildman–Crippen MR) is 40.0 cm³/mol. The first kappa shape index (κ1) is 6.60. The quantitative estimate of drug-likeness (QED) is 0.493. The first-order valence-electron chi connectivity index (χ1n) is 3.59. The SMILES string of the molecule is C=CCC1CC=[C]CC1. The lowest BCUT2D eigenvalue weighted by atomic mass is 9.92. The summed E-state index contributed by atoms with van der Waals surface area (Å²) in [5, 5.41) is 0. The van der Waals surface area contributed by atoms with Crippen LogP contribution in [0.5, 0.6) is 0 Å². The first-order chi connectivity index (χ1) is 4.43. The largest absolute Gasteiger partial charge is 0.103 e. The Morgan fingerprint density at radius 1 is 1.78 bits per heavy atom.